The lowest BCUT2D eigenvalue weighted by Crippen LogP contribution is -1.95. The Balaban J connectivity index is 1.99. The third-order valence-corrected chi connectivity index (χ3v) is 3.46. The molecule has 4 nitrogen and oxygen atoms in total. The first-order chi connectivity index (χ1) is 8.19. The largest absolute Gasteiger partial charge is 0.486 e. The number of ether oxygens (including phenoxy) is 1. The van der Waals surface area contributed by atoms with Gasteiger partial charge in [0.05, 0.1) is 4.47 Å². The van der Waals surface area contributed by atoms with Gasteiger partial charge < -0.3 is 10.1 Å². The van der Waals surface area contributed by atoms with E-state index in [0.29, 0.717) is 16.8 Å². The molecule has 0 bridgehead atoms. The molecule has 0 saturated heterocycles. The predicted octanol–water partition coefficient (Wildman–Crippen LogP) is 3.06. The van der Waals surface area contributed by atoms with Gasteiger partial charge in [-0.15, -0.1) is 10.2 Å². The molecule has 0 spiro atoms. The van der Waals surface area contributed by atoms with Gasteiger partial charge in [-0.05, 0) is 34.1 Å². The molecule has 2 rings (SSSR count). The van der Waals surface area contributed by atoms with Crippen molar-refractivity contribution in [3.05, 3.63) is 33.5 Å². The fourth-order valence-electron chi connectivity index (χ4n) is 1.12. The number of hydrogen-bond acceptors (Lipinski definition) is 5. The van der Waals surface area contributed by atoms with E-state index >= 15 is 0 Å². The molecule has 0 atom stereocenters. The summed E-state index contributed by atoms with van der Waals surface area (Å²) in [6.07, 6.45) is 0. The summed E-state index contributed by atoms with van der Waals surface area (Å²) < 4.78 is 18.8. The Morgan fingerprint density at radius 3 is 2.94 bits per heavy atom. The summed E-state index contributed by atoms with van der Waals surface area (Å²) in [6, 6.07) is 4.49. The lowest BCUT2D eigenvalue weighted by molar-refractivity contribution is 0.304. The van der Waals surface area contributed by atoms with Crippen molar-refractivity contribution in [1.29, 1.82) is 0 Å². The summed E-state index contributed by atoms with van der Waals surface area (Å²) in [6.45, 7) is 0.317. The van der Waals surface area contributed by atoms with Crippen LogP contribution >= 0.6 is 27.3 Å². The molecule has 0 aliphatic rings. The summed E-state index contributed by atoms with van der Waals surface area (Å²) in [5.74, 6) is 0.269. The van der Waals surface area contributed by atoms with Gasteiger partial charge in [-0.1, -0.05) is 11.3 Å². The molecule has 2 aromatic rings. The quantitative estimate of drug-likeness (QED) is 0.941. The van der Waals surface area contributed by atoms with Crippen molar-refractivity contribution >= 4 is 32.4 Å². The van der Waals surface area contributed by atoms with Crippen LogP contribution in [0.1, 0.15) is 5.01 Å². The van der Waals surface area contributed by atoms with E-state index in [4.69, 9.17) is 4.74 Å². The van der Waals surface area contributed by atoms with Crippen LogP contribution in [0.4, 0.5) is 9.52 Å². The van der Waals surface area contributed by atoms with E-state index in [2.05, 4.69) is 31.4 Å². The average molecular weight is 318 g/mol. The Bertz CT molecular complexity index is 520. The maximum atomic E-state index is 13.0. The van der Waals surface area contributed by atoms with Crippen LogP contribution in [-0.2, 0) is 6.61 Å². The van der Waals surface area contributed by atoms with E-state index in [1.54, 1.807) is 19.2 Å². The molecule has 0 radical (unpaired) electrons. The van der Waals surface area contributed by atoms with E-state index < -0.39 is 0 Å². The van der Waals surface area contributed by atoms with E-state index in [9.17, 15) is 4.39 Å². The first kappa shape index (κ1) is 12.3. The molecule has 0 fully saturated rings. The molecule has 1 N–H and O–H groups in total. The number of hydrogen-bond donors (Lipinski definition) is 1. The number of benzene rings is 1. The van der Waals surface area contributed by atoms with Crippen LogP contribution in [0.3, 0.4) is 0 Å². The average Bonchev–Trinajstić information content (AvgIpc) is 2.79. The molecule has 1 aromatic heterocycles. The van der Waals surface area contributed by atoms with Crippen molar-refractivity contribution in [1.82, 2.24) is 10.2 Å². The van der Waals surface area contributed by atoms with Gasteiger partial charge in [-0.3, -0.25) is 0 Å². The molecule has 0 amide bonds. The molecule has 17 heavy (non-hydrogen) atoms. The van der Waals surface area contributed by atoms with Crippen molar-refractivity contribution in [3.63, 3.8) is 0 Å². The van der Waals surface area contributed by atoms with Crippen molar-refractivity contribution < 1.29 is 9.13 Å². The van der Waals surface area contributed by atoms with Crippen molar-refractivity contribution in [2.24, 2.45) is 0 Å². The Morgan fingerprint density at radius 2 is 2.29 bits per heavy atom. The van der Waals surface area contributed by atoms with Crippen LogP contribution in [0.2, 0.25) is 0 Å². The smallest absolute Gasteiger partial charge is 0.205 e. The highest BCUT2D eigenvalue weighted by Gasteiger charge is 2.05. The number of halogens is 2. The normalized spacial score (nSPS) is 10.3. The monoisotopic (exact) mass is 317 g/mol. The van der Waals surface area contributed by atoms with E-state index in [-0.39, 0.29) is 5.82 Å². The molecule has 1 aromatic carbocycles. The van der Waals surface area contributed by atoms with Gasteiger partial charge >= 0.3 is 0 Å². The molecule has 0 saturated carbocycles. The number of rotatable bonds is 4. The van der Waals surface area contributed by atoms with E-state index in [1.165, 1.54) is 17.4 Å². The minimum absolute atomic E-state index is 0.314. The fraction of sp³-hybridized carbons (Fsp3) is 0.200. The van der Waals surface area contributed by atoms with Gasteiger partial charge in [-0.2, -0.15) is 0 Å². The summed E-state index contributed by atoms with van der Waals surface area (Å²) in [7, 11) is 1.78. The lowest BCUT2D eigenvalue weighted by Gasteiger charge is -2.04. The number of nitrogens with one attached hydrogen (secondary N) is 1. The third-order valence-electron chi connectivity index (χ3n) is 1.93. The zero-order valence-corrected chi connectivity index (χ0v) is 11.3. The Kier molecular flexibility index (Phi) is 3.90. The summed E-state index contributed by atoms with van der Waals surface area (Å²) in [4.78, 5) is 0. The van der Waals surface area contributed by atoms with Crippen LogP contribution in [-0.4, -0.2) is 17.2 Å². The zero-order valence-electron chi connectivity index (χ0n) is 8.91. The van der Waals surface area contributed by atoms with Gasteiger partial charge in [0, 0.05) is 7.05 Å². The van der Waals surface area contributed by atoms with Crippen LogP contribution in [0.25, 0.3) is 0 Å². The van der Waals surface area contributed by atoms with Crippen molar-refractivity contribution in [2.45, 2.75) is 6.61 Å². The van der Waals surface area contributed by atoms with Gasteiger partial charge in [0.15, 0.2) is 5.01 Å². The highest BCUT2D eigenvalue weighted by atomic mass is 79.9. The Morgan fingerprint density at radius 1 is 1.47 bits per heavy atom. The molecule has 90 valence electrons. The topological polar surface area (TPSA) is 47.0 Å². The molecule has 0 unspecified atom stereocenters. The fourth-order valence-corrected chi connectivity index (χ4v) is 2.09. The van der Waals surface area contributed by atoms with Gasteiger partial charge in [0.1, 0.15) is 18.2 Å². The van der Waals surface area contributed by atoms with Crippen molar-refractivity contribution in [2.75, 3.05) is 12.4 Å². The highest BCUT2D eigenvalue weighted by molar-refractivity contribution is 9.10. The zero-order chi connectivity index (χ0) is 12.3. The third kappa shape index (κ3) is 3.13. The highest BCUT2D eigenvalue weighted by Crippen LogP contribution is 2.23. The lowest BCUT2D eigenvalue weighted by atomic mass is 10.3. The molecule has 0 aliphatic carbocycles. The van der Waals surface area contributed by atoms with Gasteiger partial charge in [-0.25, -0.2) is 4.39 Å². The van der Waals surface area contributed by atoms with Crippen LogP contribution < -0.4 is 10.1 Å². The maximum Gasteiger partial charge on any atom is 0.205 e. The number of anilines is 1. The second-order valence-electron chi connectivity index (χ2n) is 3.12. The molecular weight excluding hydrogens is 309 g/mol. The summed E-state index contributed by atoms with van der Waals surface area (Å²) in [5, 5.41) is 12.2. The Hall–Kier alpha value is -1.21. The molecule has 0 aliphatic heterocycles. The molecular formula is C10H9BrFN3OS. The standard InChI is InChI=1S/C10H9BrFN3OS/c1-13-10-15-14-9(17-10)5-16-6-2-3-8(12)7(11)4-6/h2-4H,5H2,1H3,(H,13,15). The second-order valence-corrected chi connectivity index (χ2v) is 5.03. The maximum absolute atomic E-state index is 13.0. The van der Waals surface area contributed by atoms with Crippen LogP contribution in [0.15, 0.2) is 22.7 Å². The number of nitrogens with zero attached hydrogens (tertiary/aromatic N) is 2. The first-order valence-corrected chi connectivity index (χ1v) is 6.38. The van der Waals surface area contributed by atoms with E-state index in [0.717, 1.165) is 10.1 Å². The second kappa shape index (κ2) is 5.42. The van der Waals surface area contributed by atoms with Crippen LogP contribution in [0.5, 0.6) is 5.75 Å². The van der Waals surface area contributed by atoms with Crippen LogP contribution in [0, 0.1) is 5.82 Å². The molecule has 1 heterocycles. The summed E-state index contributed by atoms with van der Waals surface area (Å²) in [5.41, 5.74) is 0. The number of aromatic nitrogens is 2. The van der Waals surface area contributed by atoms with Gasteiger partial charge in [0.25, 0.3) is 0 Å². The first-order valence-electron chi connectivity index (χ1n) is 4.77. The SMILES string of the molecule is CNc1nnc(COc2ccc(F)c(Br)c2)s1. The van der Waals surface area contributed by atoms with E-state index in [1.807, 2.05) is 0 Å². The minimum atomic E-state index is -0.314. The molecule has 7 heteroatoms. The predicted molar refractivity (Wildman–Crippen MR) is 67.9 cm³/mol. The Labute approximate surface area is 110 Å². The minimum Gasteiger partial charge on any atom is -0.486 e. The van der Waals surface area contributed by atoms with Gasteiger partial charge in [0.2, 0.25) is 5.13 Å². The summed E-state index contributed by atoms with van der Waals surface area (Å²) >= 11 is 4.51. The van der Waals surface area contributed by atoms with Crippen molar-refractivity contribution in [3.8, 4) is 5.75 Å².